The van der Waals surface area contributed by atoms with E-state index in [1.165, 1.54) is 6.07 Å². The molecule has 0 unspecified atom stereocenters. The maximum Gasteiger partial charge on any atom is 0.335 e. The number of benzene rings is 1. The first-order chi connectivity index (χ1) is 8.70. The molecule has 2 N–H and O–H groups in total. The fourth-order valence-electron chi connectivity index (χ4n) is 1.57. The predicted molar refractivity (Wildman–Crippen MR) is 64.6 cm³/mol. The minimum atomic E-state index is -0.954. The molecule has 0 fully saturated rings. The number of nitrogens with zero attached hydrogens (tertiary/aromatic N) is 1. The first kappa shape index (κ1) is 12.5. The SMILES string of the molecule is COCCOCc1nc2ccc(C(=O)O)cc2[nH]1. The van der Waals surface area contributed by atoms with E-state index >= 15 is 0 Å². The lowest BCUT2D eigenvalue weighted by molar-refractivity contribution is 0.0590. The van der Waals surface area contributed by atoms with Gasteiger partial charge in [-0.25, -0.2) is 9.78 Å². The zero-order valence-corrected chi connectivity index (χ0v) is 9.97. The predicted octanol–water partition coefficient (Wildman–Crippen LogP) is 1.42. The summed E-state index contributed by atoms with van der Waals surface area (Å²) in [7, 11) is 1.61. The van der Waals surface area contributed by atoms with Crippen molar-refractivity contribution in [1.29, 1.82) is 0 Å². The van der Waals surface area contributed by atoms with Crippen molar-refractivity contribution in [2.45, 2.75) is 6.61 Å². The van der Waals surface area contributed by atoms with Gasteiger partial charge in [0.15, 0.2) is 0 Å². The number of imidazole rings is 1. The molecular formula is C12H14N2O4. The number of aromatic nitrogens is 2. The summed E-state index contributed by atoms with van der Waals surface area (Å²) in [5, 5.41) is 8.88. The van der Waals surface area contributed by atoms with Crippen LogP contribution in [-0.4, -0.2) is 41.4 Å². The molecule has 0 saturated heterocycles. The molecule has 1 aromatic heterocycles. The number of ether oxygens (including phenoxy) is 2. The van der Waals surface area contributed by atoms with Crippen LogP contribution in [0.4, 0.5) is 0 Å². The van der Waals surface area contributed by atoms with Gasteiger partial charge >= 0.3 is 5.97 Å². The third-order valence-corrected chi connectivity index (χ3v) is 2.45. The Balaban J connectivity index is 2.09. The standard InChI is InChI=1S/C12H14N2O4/c1-17-4-5-18-7-11-13-9-3-2-8(12(15)16)6-10(9)14-11/h2-3,6H,4-5,7H2,1H3,(H,13,14)(H,15,16). The van der Waals surface area contributed by atoms with Crippen molar-refractivity contribution in [2.24, 2.45) is 0 Å². The molecule has 0 spiro atoms. The van der Waals surface area contributed by atoms with Crippen molar-refractivity contribution in [2.75, 3.05) is 20.3 Å². The van der Waals surface area contributed by atoms with E-state index in [0.717, 1.165) is 5.52 Å². The molecule has 1 heterocycles. The van der Waals surface area contributed by atoms with Gasteiger partial charge in [0.1, 0.15) is 12.4 Å². The average molecular weight is 250 g/mol. The van der Waals surface area contributed by atoms with Crippen LogP contribution in [0.5, 0.6) is 0 Å². The summed E-state index contributed by atoms with van der Waals surface area (Å²) >= 11 is 0. The molecule has 6 nitrogen and oxygen atoms in total. The van der Waals surface area contributed by atoms with Crippen molar-refractivity contribution in [3.05, 3.63) is 29.6 Å². The highest BCUT2D eigenvalue weighted by atomic mass is 16.5. The summed E-state index contributed by atoms with van der Waals surface area (Å²) in [6.07, 6.45) is 0. The molecule has 0 atom stereocenters. The average Bonchev–Trinajstić information content (AvgIpc) is 2.76. The molecule has 96 valence electrons. The van der Waals surface area contributed by atoms with E-state index in [9.17, 15) is 4.79 Å². The number of carbonyl (C=O) groups is 1. The number of carboxylic acid groups (broad SMARTS) is 1. The molecule has 0 saturated carbocycles. The van der Waals surface area contributed by atoms with E-state index in [1.807, 2.05) is 0 Å². The quantitative estimate of drug-likeness (QED) is 0.757. The van der Waals surface area contributed by atoms with Crippen LogP contribution in [0.2, 0.25) is 0 Å². The van der Waals surface area contributed by atoms with Gasteiger partial charge in [0.05, 0.1) is 29.8 Å². The van der Waals surface area contributed by atoms with Gasteiger partial charge in [0, 0.05) is 7.11 Å². The molecule has 0 bridgehead atoms. The molecular weight excluding hydrogens is 236 g/mol. The van der Waals surface area contributed by atoms with Crippen LogP contribution in [0, 0.1) is 0 Å². The summed E-state index contributed by atoms with van der Waals surface area (Å²) in [6, 6.07) is 4.76. The second-order valence-electron chi connectivity index (χ2n) is 3.77. The minimum Gasteiger partial charge on any atom is -0.478 e. The van der Waals surface area contributed by atoms with Crippen LogP contribution < -0.4 is 0 Å². The number of aromatic carboxylic acids is 1. The van der Waals surface area contributed by atoms with E-state index in [0.29, 0.717) is 31.2 Å². The van der Waals surface area contributed by atoms with Crippen molar-refractivity contribution in [3.8, 4) is 0 Å². The van der Waals surface area contributed by atoms with Gasteiger partial charge in [-0.1, -0.05) is 0 Å². The Bertz CT molecular complexity index is 550. The molecule has 1 aromatic carbocycles. The number of hydrogen-bond donors (Lipinski definition) is 2. The van der Waals surface area contributed by atoms with Crippen LogP contribution in [-0.2, 0) is 16.1 Å². The maximum atomic E-state index is 10.8. The summed E-state index contributed by atoms with van der Waals surface area (Å²) in [5.41, 5.74) is 1.66. The summed E-state index contributed by atoms with van der Waals surface area (Å²) in [6.45, 7) is 1.37. The lowest BCUT2D eigenvalue weighted by Crippen LogP contribution is -2.02. The number of carboxylic acids is 1. The van der Waals surface area contributed by atoms with Crippen molar-refractivity contribution < 1.29 is 19.4 Å². The number of methoxy groups -OCH3 is 1. The molecule has 0 aliphatic carbocycles. The lowest BCUT2D eigenvalue weighted by atomic mass is 10.2. The van der Waals surface area contributed by atoms with E-state index in [-0.39, 0.29) is 5.56 Å². The van der Waals surface area contributed by atoms with E-state index in [2.05, 4.69) is 9.97 Å². The van der Waals surface area contributed by atoms with Crippen LogP contribution in [0.25, 0.3) is 11.0 Å². The molecule has 6 heteroatoms. The highest BCUT2D eigenvalue weighted by Crippen LogP contribution is 2.14. The van der Waals surface area contributed by atoms with Crippen LogP contribution in [0.1, 0.15) is 16.2 Å². The Morgan fingerprint density at radius 2 is 2.28 bits per heavy atom. The Kier molecular flexibility index (Phi) is 3.91. The van der Waals surface area contributed by atoms with E-state index in [4.69, 9.17) is 14.6 Å². The minimum absolute atomic E-state index is 0.234. The Morgan fingerprint density at radius 1 is 1.44 bits per heavy atom. The fourth-order valence-corrected chi connectivity index (χ4v) is 1.57. The van der Waals surface area contributed by atoms with Gasteiger partial charge in [-0.15, -0.1) is 0 Å². The highest BCUT2D eigenvalue weighted by molar-refractivity contribution is 5.92. The zero-order valence-electron chi connectivity index (χ0n) is 9.97. The number of hydrogen-bond acceptors (Lipinski definition) is 4. The van der Waals surface area contributed by atoms with Crippen molar-refractivity contribution in [3.63, 3.8) is 0 Å². The van der Waals surface area contributed by atoms with Gasteiger partial charge < -0.3 is 19.6 Å². The van der Waals surface area contributed by atoms with Crippen molar-refractivity contribution >= 4 is 17.0 Å². The first-order valence-corrected chi connectivity index (χ1v) is 5.49. The second kappa shape index (κ2) is 5.61. The van der Waals surface area contributed by atoms with Crippen LogP contribution in [0.15, 0.2) is 18.2 Å². The largest absolute Gasteiger partial charge is 0.478 e. The fraction of sp³-hybridized carbons (Fsp3) is 0.333. The monoisotopic (exact) mass is 250 g/mol. The smallest absolute Gasteiger partial charge is 0.335 e. The first-order valence-electron chi connectivity index (χ1n) is 5.49. The summed E-state index contributed by atoms with van der Waals surface area (Å²) < 4.78 is 10.2. The zero-order chi connectivity index (χ0) is 13.0. The molecule has 2 aromatic rings. The molecule has 0 amide bonds. The molecule has 2 rings (SSSR count). The molecule has 0 aliphatic rings. The lowest BCUT2D eigenvalue weighted by Gasteiger charge is -1.99. The second-order valence-corrected chi connectivity index (χ2v) is 3.77. The number of rotatable bonds is 6. The van der Waals surface area contributed by atoms with E-state index in [1.54, 1.807) is 19.2 Å². The van der Waals surface area contributed by atoms with Gasteiger partial charge in [-0.05, 0) is 18.2 Å². The normalized spacial score (nSPS) is 10.9. The number of fused-ring (bicyclic) bond motifs is 1. The Hall–Kier alpha value is -1.92. The van der Waals surface area contributed by atoms with Gasteiger partial charge in [-0.2, -0.15) is 0 Å². The van der Waals surface area contributed by atoms with Crippen LogP contribution >= 0.6 is 0 Å². The third kappa shape index (κ3) is 2.85. The Morgan fingerprint density at radius 3 is 3.00 bits per heavy atom. The van der Waals surface area contributed by atoms with E-state index < -0.39 is 5.97 Å². The molecule has 0 aliphatic heterocycles. The topological polar surface area (TPSA) is 84.4 Å². The van der Waals surface area contributed by atoms with Gasteiger partial charge in [0.25, 0.3) is 0 Å². The maximum absolute atomic E-state index is 10.8. The van der Waals surface area contributed by atoms with Crippen LogP contribution in [0.3, 0.4) is 0 Å². The summed E-state index contributed by atoms with van der Waals surface area (Å²) in [5.74, 6) is -0.284. The van der Waals surface area contributed by atoms with Gasteiger partial charge in [-0.3, -0.25) is 0 Å². The highest BCUT2D eigenvalue weighted by Gasteiger charge is 2.07. The summed E-state index contributed by atoms with van der Waals surface area (Å²) in [4.78, 5) is 18.1. The van der Waals surface area contributed by atoms with Gasteiger partial charge in [0.2, 0.25) is 0 Å². The number of H-pyrrole nitrogens is 1. The Labute approximate surface area is 104 Å². The van der Waals surface area contributed by atoms with Crippen molar-refractivity contribution in [1.82, 2.24) is 9.97 Å². The molecule has 0 radical (unpaired) electrons. The molecule has 18 heavy (non-hydrogen) atoms. The number of nitrogens with one attached hydrogen (secondary N) is 1. The number of aromatic amines is 1. The third-order valence-electron chi connectivity index (χ3n) is 2.45.